The van der Waals surface area contributed by atoms with Crippen molar-refractivity contribution in [3.8, 4) is 16.9 Å². The Hall–Kier alpha value is -3.17. The smallest absolute Gasteiger partial charge is 0.419 e. The van der Waals surface area contributed by atoms with Crippen molar-refractivity contribution < 1.29 is 31.9 Å². The summed E-state index contributed by atoms with van der Waals surface area (Å²) in [6.07, 6.45) is -2.34. The molecule has 2 aliphatic rings. The molecule has 0 saturated carbocycles. The number of carbonyl (C=O) groups is 2. The van der Waals surface area contributed by atoms with Crippen molar-refractivity contribution >= 4 is 17.5 Å². The molecule has 4 rings (SSSR count). The highest BCUT2D eigenvalue weighted by molar-refractivity contribution is 6.05. The van der Waals surface area contributed by atoms with Gasteiger partial charge >= 0.3 is 6.18 Å². The van der Waals surface area contributed by atoms with Crippen LogP contribution in [0.25, 0.3) is 11.1 Å². The van der Waals surface area contributed by atoms with Gasteiger partial charge in [-0.1, -0.05) is 6.07 Å². The molecule has 6 nitrogen and oxygen atoms in total. The Morgan fingerprint density at radius 1 is 1.16 bits per heavy atom. The number of benzene rings is 1. The molecule has 10 heteroatoms. The van der Waals surface area contributed by atoms with E-state index in [0.717, 1.165) is 18.6 Å². The standard InChI is InChI=1S/C21H19F4N3O3/c22-4-7-31-18-3-2-13(8-15(18)21(23,24)25)14-9-17-16(26-11-14)10-19(29)28(17)12-20(30)27-5-1-6-27/h2-3,8-9,11H,1,4-7,10,12H2. The highest BCUT2D eigenvalue weighted by Crippen LogP contribution is 2.40. The summed E-state index contributed by atoms with van der Waals surface area (Å²) in [5.41, 5.74) is 0.438. The maximum Gasteiger partial charge on any atom is 0.419 e. The van der Waals surface area contributed by atoms with Gasteiger partial charge in [-0.2, -0.15) is 13.2 Å². The summed E-state index contributed by atoms with van der Waals surface area (Å²) < 4.78 is 57.7. The molecule has 3 heterocycles. The Balaban J connectivity index is 1.65. The number of ether oxygens (including phenoxy) is 1. The van der Waals surface area contributed by atoms with E-state index in [9.17, 15) is 27.2 Å². The lowest BCUT2D eigenvalue weighted by molar-refractivity contribution is -0.139. The summed E-state index contributed by atoms with van der Waals surface area (Å²) in [4.78, 5) is 31.9. The molecule has 1 fully saturated rings. The molecule has 0 radical (unpaired) electrons. The van der Waals surface area contributed by atoms with Crippen LogP contribution >= 0.6 is 0 Å². The first kappa shape index (κ1) is 21.1. The Bertz CT molecular complexity index is 1020. The van der Waals surface area contributed by atoms with Crippen LogP contribution in [-0.2, 0) is 22.2 Å². The van der Waals surface area contributed by atoms with Gasteiger partial charge in [-0.3, -0.25) is 14.6 Å². The lowest BCUT2D eigenvalue weighted by atomic mass is 10.0. The zero-order valence-electron chi connectivity index (χ0n) is 16.4. The summed E-state index contributed by atoms with van der Waals surface area (Å²) in [5.74, 6) is -0.911. The van der Waals surface area contributed by atoms with E-state index >= 15 is 0 Å². The molecule has 1 aromatic heterocycles. The zero-order valence-corrected chi connectivity index (χ0v) is 16.4. The minimum absolute atomic E-state index is 0.0344. The summed E-state index contributed by atoms with van der Waals surface area (Å²) in [5, 5.41) is 0. The topological polar surface area (TPSA) is 62.7 Å². The van der Waals surface area contributed by atoms with Gasteiger partial charge in [0.15, 0.2) is 0 Å². The number of hydrogen-bond donors (Lipinski definition) is 0. The van der Waals surface area contributed by atoms with Gasteiger partial charge in [-0.05, 0) is 30.2 Å². The molecule has 0 N–H and O–H groups in total. The van der Waals surface area contributed by atoms with Gasteiger partial charge in [0.2, 0.25) is 11.8 Å². The number of carbonyl (C=O) groups excluding carboxylic acids is 2. The molecule has 2 aliphatic heterocycles. The minimum atomic E-state index is -4.70. The number of aromatic nitrogens is 1. The Kier molecular flexibility index (Phi) is 5.55. The number of nitrogens with zero attached hydrogens (tertiary/aromatic N) is 3. The van der Waals surface area contributed by atoms with E-state index in [1.165, 1.54) is 17.2 Å². The molecule has 0 aliphatic carbocycles. The van der Waals surface area contributed by atoms with E-state index in [0.29, 0.717) is 30.0 Å². The van der Waals surface area contributed by atoms with Gasteiger partial charge in [0.05, 0.1) is 23.4 Å². The van der Waals surface area contributed by atoms with Crippen molar-refractivity contribution in [1.82, 2.24) is 9.88 Å². The predicted molar refractivity (Wildman–Crippen MR) is 103 cm³/mol. The van der Waals surface area contributed by atoms with Crippen LogP contribution in [0.5, 0.6) is 5.75 Å². The van der Waals surface area contributed by atoms with Crippen molar-refractivity contribution in [1.29, 1.82) is 0 Å². The number of rotatable bonds is 6. The third kappa shape index (κ3) is 4.19. The SMILES string of the molecule is O=C(CN1C(=O)Cc2ncc(-c3ccc(OCCF)c(C(F)(F)F)c3)cc21)N1CCC1. The first-order valence-corrected chi connectivity index (χ1v) is 9.75. The minimum Gasteiger partial charge on any atom is -0.490 e. The van der Waals surface area contributed by atoms with Gasteiger partial charge in [-0.25, -0.2) is 4.39 Å². The third-order valence-electron chi connectivity index (χ3n) is 5.31. The van der Waals surface area contributed by atoms with E-state index < -0.39 is 30.8 Å². The largest absolute Gasteiger partial charge is 0.490 e. The van der Waals surface area contributed by atoms with Crippen LogP contribution in [0.2, 0.25) is 0 Å². The number of hydrogen-bond acceptors (Lipinski definition) is 4. The molecule has 0 unspecified atom stereocenters. The number of fused-ring (bicyclic) bond motifs is 1. The molecule has 1 saturated heterocycles. The quantitative estimate of drug-likeness (QED) is 0.651. The molecule has 2 amide bonds. The second kappa shape index (κ2) is 8.16. The molecular weight excluding hydrogens is 418 g/mol. The van der Waals surface area contributed by atoms with Gasteiger partial charge in [-0.15, -0.1) is 0 Å². The summed E-state index contributed by atoms with van der Waals surface area (Å²) in [6.45, 7) is -0.203. The van der Waals surface area contributed by atoms with E-state index in [4.69, 9.17) is 4.74 Å². The molecular formula is C21H19F4N3O3. The highest BCUT2D eigenvalue weighted by Gasteiger charge is 2.36. The van der Waals surface area contributed by atoms with Crippen molar-refractivity contribution in [2.75, 3.05) is 37.8 Å². The fourth-order valence-electron chi connectivity index (χ4n) is 3.56. The van der Waals surface area contributed by atoms with E-state index in [1.54, 1.807) is 11.0 Å². The fourth-order valence-corrected chi connectivity index (χ4v) is 3.56. The maximum atomic E-state index is 13.5. The molecule has 31 heavy (non-hydrogen) atoms. The van der Waals surface area contributed by atoms with Crippen molar-refractivity contribution in [3.63, 3.8) is 0 Å². The number of anilines is 1. The van der Waals surface area contributed by atoms with Crippen LogP contribution in [0, 0.1) is 0 Å². The maximum absolute atomic E-state index is 13.5. The number of pyridine rings is 1. The number of amides is 2. The first-order valence-electron chi connectivity index (χ1n) is 9.75. The predicted octanol–water partition coefficient (Wildman–Crippen LogP) is 3.24. The number of halogens is 4. The van der Waals surface area contributed by atoms with Crippen LogP contribution < -0.4 is 9.64 Å². The number of likely N-dealkylation sites (tertiary alicyclic amines) is 1. The molecule has 1 aromatic carbocycles. The Morgan fingerprint density at radius 3 is 2.58 bits per heavy atom. The molecule has 0 spiro atoms. The molecule has 2 aromatic rings. The number of alkyl halides is 4. The van der Waals surface area contributed by atoms with E-state index in [1.807, 2.05) is 0 Å². The van der Waals surface area contributed by atoms with Crippen molar-refractivity contribution in [2.24, 2.45) is 0 Å². The summed E-state index contributed by atoms with van der Waals surface area (Å²) in [6, 6.07) is 5.02. The van der Waals surface area contributed by atoms with Gasteiger partial charge in [0, 0.05) is 24.8 Å². The van der Waals surface area contributed by atoms with Crippen LogP contribution in [-0.4, -0.2) is 54.6 Å². The lowest BCUT2D eigenvalue weighted by Gasteiger charge is -2.32. The lowest BCUT2D eigenvalue weighted by Crippen LogP contribution is -2.47. The van der Waals surface area contributed by atoms with Crippen LogP contribution in [0.4, 0.5) is 23.2 Å². The Labute approximate surface area is 175 Å². The molecule has 0 bridgehead atoms. The third-order valence-corrected chi connectivity index (χ3v) is 5.31. The second-order valence-corrected chi connectivity index (χ2v) is 7.33. The van der Waals surface area contributed by atoms with Crippen LogP contribution in [0.1, 0.15) is 17.7 Å². The fraction of sp³-hybridized carbons (Fsp3) is 0.381. The van der Waals surface area contributed by atoms with E-state index in [-0.39, 0.29) is 30.3 Å². The summed E-state index contributed by atoms with van der Waals surface area (Å²) in [7, 11) is 0. The normalized spacial score (nSPS) is 15.7. The van der Waals surface area contributed by atoms with Crippen molar-refractivity contribution in [3.05, 3.63) is 41.7 Å². The average molecular weight is 437 g/mol. The van der Waals surface area contributed by atoms with Crippen LogP contribution in [0.15, 0.2) is 30.5 Å². The average Bonchev–Trinajstić information content (AvgIpc) is 2.98. The monoisotopic (exact) mass is 437 g/mol. The van der Waals surface area contributed by atoms with Crippen LogP contribution in [0.3, 0.4) is 0 Å². The van der Waals surface area contributed by atoms with Gasteiger partial charge in [0.25, 0.3) is 0 Å². The van der Waals surface area contributed by atoms with Gasteiger partial charge in [0.1, 0.15) is 25.6 Å². The Morgan fingerprint density at radius 2 is 1.94 bits per heavy atom. The zero-order chi connectivity index (χ0) is 22.2. The first-order chi connectivity index (χ1) is 14.8. The second-order valence-electron chi connectivity index (χ2n) is 7.33. The summed E-state index contributed by atoms with van der Waals surface area (Å²) >= 11 is 0. The molecule has 164 valence electrons. The van der Waals surface area contributed by atoms with Crippen molar-refractivity contribution in [2.45, 2.75) is 19.0 Å². The van der Waals surface area contributed by atoms with E-state index in [2.05, 4.69) is 4.98 Å². The van der Waals surface area contributed by atoms with Gasteiger partial charge < -0.3 is 14.5 Å². The molecule has 0 atom stereocenters. The highest BCUT2D eigenvalue weighted by atomic mass is 19.4.